The first-order valence-corrected chi connectivity index (χ1v) is 6.09. The van der Waals surface area contributed by atoms with Gasteiger partial charge >= 0.3 is 5.97 Å². The average molecular weight is 265 g/mol. The summed E-state index contributed by atoms with van der Waals surface area (Å²) in [5.74, 6) is -1.24. The zero-order valence-corrected chi connectivity index (χ0v) is 11.3. The molecule has 0 aliphatic carbocycles. The largest absolute Gasteiger partial charge is 0.480 e. The lowest BCUT2D eigenvalue weighted by atomic mass is 10.0. The van der Waals surface area contributed by atoms with Gasteiger partial charge in [0.1, 0.15) is 6.04 Å². The summed E-state index contributed by atoms with van der Waals surface area (Å²) >= 11 is 0. The van der Waals surface area contributed by atoms with Crippen molar-refractivity contribution in [3.8, 4) is 0 Å². The lowest BCUT2D eigenvalue weighted by Gasteiger charge is -2.15. The molecule has 0 unspecified atom stereocenters. The van der Waals surface area contributed by atoms with Gasteiger partial charge in [0.25, 0.3) is 0 Å². The maximum absolute atomic E-state index is 11.7. The minimum atomic E-state index is -1.02. The highest BCUT2D eigenvalue weighted by atomic mass is 16.4. The van der Waals surface area contributed by atoms with Crippen LogP contribution in [0.3, 0.4) is 0 Å². The quantitative estimate of drug-likeness (QED) is 0.753. The number of amides is 1. The molecule has 0 radical (unpaired) electrons. The summed E-state index contributed by atoms with van der Waals surface area (Å²) in [6, 6.07) is 0.899. The molecule has 19 heavy (non-hydrogen) atoms. The van der Waals surface area contributed by atoms with Gasteiger partial charge < -0.3 is 10.4 Å². The van der Waals surface area contributed by atoms with Gasteiger partial charge in [-0.05, 0) is 24.5 Å². The monoisotopic (exact) mass is 265 g/mol. The van der Waals surface area contributed by atoms with Gasteiger partial charge in [-0.25, -0.2) is 4.79 Å². The van der Waals surface area contributed by atoms with Crippen LogP contribution in [0.5, 0.6) is 0 Å². The van der Waals surface area contributed by atoms with Crippen LogP contribution in [-0.2, 0) is 16.6 Å². The second-order valence-electron chi connectivity index (χ2n) is 4.74. The van der Waals surface area contributed by atoms with Crippen molar-refractivity contribution in [3.05, 3.63) is 24.0 Å². The molecule has 0 aromatic carbocycles. The van der Waals surface area contributed by atoms with Crippen LogP contribution in [0.25, 0.3) is 6.08 Å². The van der Waals surface area contributed by atoms with Crippen molar-refractivity contribution in [3.63, 3.8) is 0 Å². The first-order valence-electron chi connectivity index (χ1n) is 6.09. The van der Waals surface area contributed by atoms with Gasteiger partial charge in [0.05, 0.1) is 5.69 Å². The summed E-state index contributed by atoms with van der Waals surface area (Å²) in [5.41, 5.74) is 0.769. The molecule has 104 valence electrons. The second kappa shape index (κ2) is 6.72. The summed E-state index contributed by atoms with van der Waals surface area (Å²) in [7, 11) is 1.76. The Hall–Kier alpha value is -2.11. The molecule has 0 fully saturated rings. The Labute approximate surface area is 112 Å². The van der Waals surface area contributed by atoms with Crippen molar-refractivity contribution >= 4 is 18.0 Å². The van der Waals surface area contributed by atoms with E-state index in [2.05, 4.69) is 10.4 Å². The zero-order chi connectivity index (χ0) is 14.4. The number of rotatable bonds is 6. The normalized spacial score (nSPS) is 12.8. The van der Waals surface area contributed by atoms with Crippen LogP contribution >= 0.6 is 0 Å². The molecule has 6 nitrogen and oxygen atoms in total. The molecule has 0 aliphatic heterocycles. The minimum absolute atomic E-state index is 0.197. The van der Waals surface area contributed by atoms with Crippen molar-refractivity contribution in [1.29, 1.82) is 0 Å². The Morgan fingerprint density at radius 2 is 2.21 bits per heavy atom. The predicted octanol–water partition coefficient (Wildman–Crippen LogP) is 1.05. The molecule has 0 saturated heterocycles. The maximum Gasteiger partial charge on any atom is 0.326 e. The number of aromatic nitrogens is 2. The van der Waals surface area contributed by atoms with Crippen LogP contribution in [0, 0.1) is 5.92 Å². The number of aliphatic carboxylic acids is 1. The Morgan fingerprint density at radius 3 is 2.68 bits per heavy atom. The Kier molecular flexibility index (Phi) is 5.29. The van der Waals surface area contributed by atoms with E-state index in [0.29, 0.717) is 6.42 Å². The topological polar surface area (TPSA) is 84.2 Å². The molecule has 6 heteroatoms. The minimum Gasteiger partial charge on any atom is -0.480 e. The first-order chi connectivity index (χ1) is 8.90. The molecule has 1 atom stereocenters. The number of carbonyl (C=O) groups excluding carboxylic acids is 1. The highest BCUT2D eigenvalue weighted by molar-refractivity contribution is 5.94. The standard InChI is InChI=1S/C13H19N3O3/c1-9(2)8-11(13(18)19)15-12(17)5-4-10-6-7-14-16(10)3/h4-7,9,11H,8H2,1-3H3,(H,15,17)(H,18,19)/t11-/m1/s1. The molecule has 1 rings (SSSR count). The van der Waals surface area contributed by atoms with Gasteiger partial charge in [-0.15, -0.1) is 0 Å². The number of nitrogens with zero attached hydrogens (tertiary/aromatic N) is 2. The highest BCUT2D eigenvalue weighted by Gasteiger charge is 2.19. The summed E-state index contributed by atoms with van der Waals surface area (Å²) < 4.78 is 1.62. The third-order valence-electron chi connectivity index (χ3n) is 2.59. The van der Waals surface area contributed by atoms with Gasteiger partial charge in [-0.2, -0.15) is 5.10 Å². The molecule has 1 aromatic heterocycles. The van der Waals surface area contributed by atoms with E-state index in [1.165, 1.54) is 6.08 Å². The van der Waals surface area contributed by atoms with E-state index in [4.69, 9.17) is 5.11 Å². The number of aryl methyl sites for hydroxylation is 1. The fourth-order valence-corrected chi connectivity index (χ4v) is 1.62. The predicted molar refractivity (Wildman–Crippen MR) is 71.3 cm³/mol. The van der Waals surface area contributed by atoms with E-state index < -0.39 is 17.9 Å². The van der Waals surface area contributed by atoms with Gasteiger partial charge in [-0.1, -0.05) is 13.8 Å². The summed E-state index contributed by atoms with van der Waals surface area (Å²) in [5, 5.41) is 15.5. The summed E-state index contributed by atoms with van der Waals surface area (Å²) in [6.45, 7) is 3.82. The number of carboxylic acids is 1. The number of hydrogen-bond donors (Lipinski definition) is 2. The number of nitrogens with one attached hydrogen (secondary N) is 1. The van der Waals surface area contributed by atoms with Crippen LogP contribution in [-0.4, -0.2) is 32.8 Å². The lowest BCUT2D eigenvalue weighted by Crippen LogP contribution is -2.40. The molecule has 0 spiro atoms. The molecular weight excluding hydrogens is 246 g/mol. The zero-order valence-electron chi connectivity index (χ0n) is 11.3. The average Bonchev–Trinajstić information content (AvgIpc) is 2.70. The third kappa shape index (κ3) is 4.95. The molecule has 0 bridgehead atoms. The molecule has 0 saturated carbocycles. The molecule has 0 aliphatic rings. The van der Waals surface area contributed by atoms with Crippen molar-refractivity contribution in [1.82, 2.24) is 15.1 Å². The van der Waals surface area contributed by atoms with Crippen molar-refractivity contribution in [2.24, 2.45) is 13.0 Å². The number of carbonyl (C=O) groups is 2. The maximum atomic E-state index is 11.7. The fraction of sp³-hybridized carbons (Fsp3) is 0.462. The smallest absolute Gasteiger partial charge is 0.326 e. The Bertz CT molecular complexity index is 477. The van der Waals surface area contributed by atoms with Crippen molar-refractivity contribution in [2.45, 2.75) is 26.3 Å². The van der Waals surface area contributed by atoms with Crippen molar-refractivity contribution in [2.75, 3.05) is 0 Å². The van der Waals surface area contributed by atoms with E-state index >= 15 is 0 Å². The first kappa shape index (κ1) is 14.9. The van der Waals surface area contributed by atoms with Crippen LogP contribution < -0.4 is 5.32 Å². The van der Waals surface area contributed by atoms with Gasteiger partial charge in [0.15, 0.2) is 0 Å². The van der Waals surface area contributed by atoms with Crippen LogP contribution in [0.2, 0.25) is 0 Å². The highest BCUT2D eigenvalue weighted by Crippen LogP contribution is 2.05. The Balaban J connectivity index is 2.60. The van der Waals surface area contributed by atoms with Gasteiger partial charge in [-0.3, -0.25) is 9.48 Å². The van der Waals surface area contributed by atoms with Gasteiger partial charge in [0.2, 0.25) is 5.91 Å². The van der Waals surface area contributed by atoms with E-state index in [9.17, 15) is 9.59 Å². The number of hydrogen-bond acceptors (Lipinski definition) is 3. The molecular formula is C13H19N3O3. The van der Waals surface area contributed by atoms with E-state index in [0.717, 1.165) is 5.69 Å². The summed E-state index contributed by atoms with van der Waals surface area (Å²) in [6.07, 6.45) is 4.93. The lowest BCUT2D eigenvalue weighted by molar-refractivity contribution is -0.141. The van der Waals surface area contributed by atoms with Crippen LogP contribution in [0.1, 0.15) is 26.0 Å². The summed E-state index contributed by atoms with van der Waals surface area (Å²) in [4.78, 5) is 22.7. The number of carboxylic acid groups (broad SMARTS) is 1. The fourth-order valence-electron chi connectivity index (χ4n) is 1.62. The van der Waals surface area contributed by atoms with Crippen LogP contribution in [0.4, 0.5) is 0 Å². The second-order valence-corrected chi connectivity index (χ2v) is 4.74. The van der Waals surface area contributed by atoms with Crippen molar-refractivity contribution < 1.29 is 14.7 Å². The van der Waals surface area contributed by atoms with E-state index in [1.54, 1.807) is 30.1 Å². The molecule has 1 amide bonds. The SMILES string of the molecule is CC(C)C[C@@H](NC(=O)C=Cc1ccnn1C)C(=O)O. The molecule has 1 aromatic rings. The van der Waals surface area contributed by atoms with E-state index in [1.807, 2.05) is 13.8 Å². The third-order valence-corrected chi connectivity index (χ3v) is 2.59. The Morgan fingerprint density at radius 1 is 1.53 bits per heavy atom. The van der Waals surface area contributed by atoms with Crippen LogP contribution in [0.15, 0.2) is 18.3 Å². The molecule has 2 N–H and O–H groups in total. The van der Waals surface area contributed by atoms with Gasteiger partial charge in [0, 0.05) is 19.3 Å². The molecule has 1 heterocycles. The van der Waals surface area contributed by atoms with E-state index in [-0.39, 0.29) is 5.92 Å².